The van der Waals surface area contributed by atoms with Crippen molar-refractivity contribution in [1.82, 2.24) is 19.7 Å². The molecule has 0 unspecified atom stereocenters. The number of azo groups is 1. The van der Waals surface area contributed by atoms with Gasteiger partial charge >= 0.3 is 0 Å². The van der Waals surface area contributed by atoms with Gasteiger partial charge in [0.1, 0.15) is 23.0 Å². The maximum atomic E-state index is 14.2. The lowest BCUT2D eigenvalue weighted by Gasteiger charge is -2.12. The van der Waals surface area contributed by atoms with Crippen LogP contribution in [0.2, 0.25) is 0 Å². The number of halogens is 2. The highest BCUT2D eigenvalue weighted by molar-refractivity contribution is 6.16. The van der Waals surface area contributed by atoms with E-state index in [0.29, 0.717) is 10.8 Å². The van der Waals surface area contributed by atoms with Gasteiger partial charge in [0.15, 0.2) is 11.6 Å². The molecule has 180 valence electrons. The molecule has 37 heavy (non-hydrogen) atoms. The smallest absolute Gasteiger partial charge is 0.260 e. The highest BCUT2D eigenvalue weighted by atomic mass is 19.1. The molecule has 0 bridgehead atoms. The summed E-state index contributed by atoms with van der Waals surface area (Å²) in [5.74, 6) is -3.36. The number of phenols is 1. The van der Waals surface area contributed by atoms with Gasteiger partial charge in [0.05, 0.1) is 18.3 Å². The zero-order chi connectivity index (χ0) is 25.9. The van der Waals surface area contributed by atoms with E-state index in [1.807, 2.05) is 0 Å². The van der Waals surface area contributed by atoms with Gasteiger partial charge < -0.3 is 10.4 Å². The minimum Gasteiger partial charge on any atom is -0.505 e. The molecule has 2 aromatic heterocycles. The largest absolute Gasteiger partial charge is 0.505 e. The van der Waals surface area contributed by atoms with Gasteiger partial charge in [-0.1, -0.05) is 30.3 Å². The Hall–Kier alpha value is -5.57. The predicted molar refractivity (Wildman–Crippen MR) is 130 cm³/mol. The number of carbonyl (C=O) groups excluding carboxylic acids is 1. The van der Waals surface area contributed by atoms with Crippen LogP contribution in [-0.2, 0) is 0 Å². The van der Waals surface area contributed by atoms with Gasteiger partial charge in [-0.25, -0.2) is 23.6 Å². The molecule has 0 saturated carbocycles. The summed E-state index contributed by atoms with van der Waals surface area (Å²) in [7, 11) is 0. The van der Waals surface area contributed by atoms with Crippen LogP contribution < -0.4 is 5.32 Å². The highest BCUT2D eigenvalue weighted by Gasteiger charge is 2.22. The van der Waals surface area contributed by atoms with Crippen LogP contribution in [0, 0.1) is 18.2 Å². The van der Waals surface area contributed by atoms with Crippen molar-refractivity contribution >= 4 is 39.6 Å². The molecule has 1 amide bonds. The van der Waals surface area contributed by atoms with Crippen LogP contribution in [0.3, 0.4) is 0 Å². The molecule has 2 heterocycles. The molecule has 2 N–H and O–H groups in total. The zero-order valence-electron chi connectivity index (χ0n) is 18.7. The van der Waals surface area contributed by atoms with Crippen molar-refractivity contribution in [3.05, 3.63) is 102 Å². The summed E-state index contributed by atoms with van der Waals surface area (Å²) in [6.45, 7) is 7.39. The molecule has 0 aliphatic rings. The number of amides is 1. The van der Waals surface area contributed by atoms with E-state index in [1.165, 1.54) is 29.3 Å². The Labute approximate surface area is 207 Å². The Morgan fingerprint density at radius 2 is 1.76 bits per heavy atom. The van der Waals surface area contributed by atoms with Crippen LogP contribution in [0.5, 0.6) is 5.75 Å². The molecule has 10 nitrogen and oxygen atoms in total. The second-order valence-corrected chi connectivity index (χ2v) is 7.52. The lowest BCUT2D eigenvalue weighted by molar-refractivity contribution is 0.102. The fourth-order valence-corrected chi connectivity index (χ4v) is 3.58. The summed E-state index contributed by atoms with van der Waals surface area (Å²) in [6, 6.07) is 12.8. The molecule has 5 aromatic rings. The van der Waals surface area contributed by atoms with E-state index < -0.39 is 29.0 Å². The van der Waals surface area contributed by atoms with Crippen molar-refractivity contribution in [3.63, 3.8) is 0 Å². The van der Waals surface area contributed by atoms with Gasteiger partial charge in [-0.15, -0.1) is 10.2 Å². The maximum absolute atomic E-state index is 14.2. The van der Waals surface area contributed by atoms with Gasteiger partial charge in [-0.2, -0.15) is 9.78 Å². The maximum Gasteiger partial charge on any atom is 0.260 e. The number of fused-ring (bicyclic) bond motifs is 1. The second kappa shape index (κ2) is 9.59. The number of nitrogens with one attached hydrogen (secondary N) is 1. The van der Waals surface area contributed by atoms with Crippen LogP contribution in [0.4, 0.5) is 31.7 Å². The van der Waals surface area contributed by atoms with E-state index in [2.05, 4.69) is 35.5 Å². The van der Waals surface area contributed by atoms with Crippen molar-refractivity contribution < 1.29 is 18.7 Å². The first kappa shape index (κ1) is 23.2. The minimum absolute atomic E-state index is 0.00631. The number of rotatable bonds is 5. The average Bonchev–Trinajstić information content (AvgIpc) is 3.33. The molecule has 0 saturated heterocycles. The van der Waals surface area contributed by atoms with Crippen LogP contribution in [-0.4, -0.2) is 30.8 Å². The number of para-hydroxylation sites is 1. The molecular formula is C25H14F2N8O2. The van der Waals surface area contributed by atoms with Crippen LogP contribution in [0.15, 0.2) is 83.4 Å². The third-order valence-corrected chi connectivity index (χ3v) is 5.27. The number of nitrogens with zero attached hydrogens (tertiary/aromatic N) is 7. The lowest BCUT2D eigenvalue weighted by Crippen LogP contribution is -2.15. The van der Waals surface area contributed by atoms with E-state index >= 15 is 0 Å². The number of benzene rings is 3. The minimum atomic E-state index is -0.976. The Balaban J connectivity index is 1.61. The molecule has 0 fully saturated rings. The average molecular weight is 496 g/mol. The predicted octanol–water partition coefficient (Wildman–Crippen LogP) is 6.02. The fraction of sp³-hybridized carbons (Fsp3) is 0. The standard InChI is InChI=1S/C25H14F2N8O2/c1-28-19-13-31-35(25-29-10-5-11-30-25)23(19)34-33-18-12-14-6-2-3-7-15(14)20(22(18)36)24(37)32-21-16(26)8-4-9-17(21)27/h2-13,36H,(H,32,37). The van der Waals surface area contributed by atoms with E-state index in [0.717, 1.165) is 18.2 Å². The van der Waals surface area contributed by atoms with Crippen molar-refractivity contribution in [2.45, 2.75) is 0 Å². The molecule has 12 heteroatoms. The molecule has 3 aromatic carbocycles. The second-order valence-electron chi connectivity index (χ2n) is 7.52. The number of aromatic hydroxyl groups is 1. The van der Waals surface area contributed by atoms with Crippen molar-refractivity contribution in [1.29, 1.82) is 0 Å². The Bertz CT molecular complexity index is 1710. The summed E-state index contributed by atoms with van der Waals surface area (Å²) < 4.78 is 29.5. The molecule has 0 atom stereocenters. The number of hydrogen-bond acceptors (Lipinski definition) is 7. The topological polar surface area (TPSA) is 122 Å². The van der Waals surface area contributed by atoms with Crippen molar-refractivity contribution in [2.75, 3.05) is 5.32 Å². The van der Waals surface area contributed by atoms with Crippen LogP contribution in [0.1, 0.15) is 10.4 Å². The zero-order valence-corrected chi connectivity index (χ0v) is 18.7. The summed E-state index contributed by atoms with van der Waals surface area (Å²) >= 11 is 0. The molecule has 0 radical (unpaired) electrons. The third-order valence-electron chi connectivity index (χ3n) is 5.27. The Morgan fingerprint density at radius 1 is 1.03 bits per heavy atom. The highest BCUT2D eigenvalue weighted by Crippen LogP contribution is 2.39. The summed E-state index contributed by atoms with van der Waals surface area (Å²) in [4.78, 5) is 24.7. The van der Waals surface area contributed by atoms with Gasteiger partial charge in [0, 0.05) is 12.4 Å². The summed E-state index contributed by atoms with van der Waals surface area (Å²) in [5, 5.41) is 26.2. The van der Waals surface area contributed by atoms with Gasteiger partial charge in [0.2, 0.25) is 0 Å². The molecule has 5 rings (SSSR count). The van der Waals surface area contributed by atoms with E-state index in [9.17, 15) is 18.7 Å². The third kappa shape index (κ3) is 4.32. The first-order valence-corrected chi connectivity index (χ1v) is 10.6. The quantitative estimate of drug-likeness (QED) is 0.228. The van der Waals surface area contributed by atoms with Crippen LogP contribution >= 0.6 is 0 Å². The van der Waals surface area contributed by atoms with Gasteiger partial charge in [0.25, 0.3) is 17.5 Å². The Morgan fingerprint density at radius 3 is 2.49 bits per heavy atom. The lowest BCUT2D eigenvalue weighted by atomic mass is 10.0. The summed E-state index contributed by atoms with van der Waals surface area (Å²) in [6.07, 6.45) is 4.24. The monoisotopic (exact) mass is 496 g/mol. The van der Waals surface area contributed by atoms with E-state index in [-0.39, 0.29) is 28.7 Å². The van der Waals surface area contributed by atoms with Gasteiger partial charge in [-0.05, 0) is 35.0 Å². The number of aromatic nitrogens is 4. The number of phenolic OH excluding ortho intramolecular Hbond substituents is 1. The molecule has 0 aliphatic heterocycles. The number of hydrogen-bond donors (Lipinski definition) is 2. The number of carbonyl (C=O) groups is 1. The van der Waals surface area contributed by atoms with E-state index in [4.69, 9.17) is 6.57 Å². The molecular weight excluding hydrogens is 482 g/mol. The summed E-state index contributed by atoms with van der Waals surface area (Å²) in [5.41, 5.74) is -1.00. The molecule has 0 aliphatic carbocycles. The fourth-order valence-electron chi connectivity index (χ4n) is 3.58. The number of anilines is 1. The van der Waals surface area contributed by atoms with Crippen LogP contribution in [0.25, 0.3) is 21.6 Å². The molecule has 0 spiro atoms. The van der Waals surface area contributed by atoms with Gasteiger partial charge in [-0.3, -0.25) is 4.79 Å². The first-order valence-electron chi connectivity index (χ1n) is 10.6. The van der Waals surface area contributed by atoms with Crippen molar-refractivity contribution in [2.24, 2.45) is 10.2 Å². The van der Waals surface area contributed by atoms with E-state index in [1.54, 1.807) is 30.3 Å². The normalized spacial score (nSPS) is 11.1. The SMILES string of the molecule is [C-]#[N+]c1cnn(-c2ncccn2)c1N=Nc1cc2ccccc2c(C(=O)Nc2c(F)cccc2F)c1O. The van der Waals surface area contributed by atoms with Crippen molar-refractivity contribution in [3.8, 4) is 11.7 Å². The Kier molecular flexibility index (Phi) is 6.01. The first-order chi connectivity index (χ1) is 18.0.